The predicted molar refractivity (Wildman–Crippen MR) is 104 cm³/mol. The van der Waals surface area contributed by atoms with Gasteiger partial charge in [0.05, 0.1) is 18.3 Å². The zero-order chi connectivity index (χ0) is 18.6. The number of carbonyl (C=O) groups excluding carboxylic acids is 1. The van der Waals surface area contributed by atoms with Gasteiger partial charge in [-0.05, 0) is 41.7 Å². The molecule has 3 aromatic rings. The molecule has 0 radical (unpaired) electrons. The Kier molecular flexibility index (Phi) is 5.00. The van der Waals surface area contributed by atoms with Gasteiger partial charge in [-0.15, -0.1) is 0 Å². The van der Waals surface area contributed by atoms with E-state index in [1.807, 2.05) is 29.1 Å². The SMILES string of the molecule is O=C(/C=C/c1ccc2c(c1)CCC2NCCn1ncc2ccccc21)NO. The molecule has 27 heavy (non-hydrogen) atoms. The molecule has 6 nitrogen and oxygen atoms in total. The van der Waals surface area contributed by atoms with Crippen LogP contribution < -0.4 is 10.8 Å². The zero-order valence-corrected chi connectivity index (χ0v) is 14.9. The summed E-state index contributed by atoms with van der Waals surface area (Å²) in [6.07, 6.45) is 7.02. The number of para-hydroxylation sites is 1. The molecule has 0 saturated heterocycles. The monoisotopic (exact) mass is 362 g/mol. The summed E-state index contributed by atoms with van der Waals surface area (Å²) in [5.41, 5.74) is 6.35. The zero-order valence-electron chi connectivity index (χ0n) is 14.9. The Morgan fingerprint density at radius 2 is 2.19 bits per heavy atom. The molecule has 0 saturated carbocycles. The van der Waals surface area contributed by atoms with E-state index >= 15 is 0 Å². The standard InChI is InChI=1S/C21H22N4O2/c26-21(24-27)10-6-15-5-8-18-16(13-15)7-9-19(18)22-11-12-25-20-4-2-1-3-17(20)14-23-25/h1-6,8,10,13-14,19,22,27H,7,9,11-12H2,(H,24,26)/b10-6+. The number of nitrogens with zero attached hydrogens (tertiary/aromatic N) is 2. The second kappa shape index (κ2) is 7.73. The Labute approximate surface area is 157 Å². The Bertz CT molecular complexity index is 993. The largest absolute Gasteiger partial charge is 0.308 e. The van der Waals surface area contributed by atoms with E-state index in [1.54, 1.807) is 11.6 Å². The van der Waals surface area contributed by atoms with Gasteiger partial charge in [0.2, 0.25) is 0 Å². The smallest absolute Gasteiger partial charge is 0.267 e. The van der Waals surface area contributed by atoms with E-state index in [9.17, 15) is 4.79 Å². The van der Waals surface area contributed by atoms with E-state index in [4.69, 9.17) is 5.21 Å². The molecular weight excluding hydrogens is 340 g/mol. The van der Waals surface area contributed by atoms with Crippen LogP contribution >= 0.6 is 0 Å². The van der Waals surface area contributed by atoms with Gasteiger partial charge in [0.15, 0.2) is 0 Å². The van der Waals surface area contributed by atoms with Crippen molar-refractivity contribution in [1.82, 2.24) is 20.6 Å². The normalized spacial score (nSPS) is 16.1. The first-order valence-electron chi connectivity index (χ1n) is 9.13. The number of rotatable bonds is 6. The van der Waals surface area contributed by atoms with Gasteiger partial charge in [-0.1, -0.05) is 36.4 Å². The minimum atomic E-state index is -0.527. The van der Waals surface area contributed by atoms with Gasteiger partial charge in [0.25, 0.3) is 5.91 Å². The number of hydroxylamine groups is 1. The summed E-state index contributed by atoms with van der Waals surface area (Å²) >= 11 is 0. The Hall–Kier alpha value is -2.96. The van der Waals surface area contributed by atoms with Crippen LogP contribution in [0.4, 0.5) is 0 Å². The van der Waals surface area contributed by atoms with E-state index in [0.717, 1.165) is 37.0 Å². The van der Waals surface area contributed by atoms with E-state index in [-0.39, 0.29) is 0 Å². The minimum Gasteiger partial charge on any atom is -0.308 e. The average molecular weight is 362 g/mol. The fraction of sp³-hybridized carbons (Fsp3) is 0.238. The summed E-state index contributed by atoms with van der Waals surface area (Å²) in [5, 5.41) is 17.8. The van der Waals surface area contributed by atoms with Crippen LogP contribution in [0, 0.1) is 0 Å². The summed E-state index contributed by atoms with van der Waals surface area (Å²) in [5.74, 6) is -0.527. The van der Waals surface area contributed by atoms with Crippen molar-refractivity contribution in [2.45, 2.75) is 25.4 Å². The van der Waals surface area contributed by atoms with Crippen LogP contribution in [0.15, 0.2) is 54.7 Å². The van der Waals surface area contributed by atoms with Crippen LogP contribution in [-0.4, -0.2) is 27.4 Å². The number of fused-ring (bicyclic) bond motifs is 2. The summed E-state index contributed by atoms with van der Waals surface area (Å²) in [4.78, 5) is 11.1. The number of amides is 1. The Morgan fingerprint density at radius 3 is 3.07 bits per heavy atom. The van der Waals surface area contributed by atoms with Crippen molar-refractivity contribution in [3.63, 3.8) is 0 Å². The van der Waals surface area contributed by atoms with Crippen molar-refractivity contribution in [1.29, 1.82) is 0 Å². The van der Waals surface area contributed by atoms with Crippen LogP contribution in [-0.2, 0) is 17.8 Å². The molecule has 1 amide bonds. The molecule has 0 aliphatic heterocycles. The molecule has 1 heterocycles. The van der Waals surface area contributed by atoms with E-state index < -0.39 is 5.91 Å². The van der Waals surface area contributed by atoms with E-state index in [0.29, 0.717) is 6.04 Å². The first kappa shape index (κ1) is 17.5. The molecule has 3 N–H and O–H groups in total. The molecule has 1 aromatic heterocycles. The molecule has 4 rings (SSSR count). The van der Waals surface area contributed by atoms with Crippen LogP contribution in [0.25, 0.3) is 17.0 Å². The van der Waals surface area contributed by atoms with Gasteiger partial charge in [-0.3, -0.25) is 14.7 Å². The Balaban J connectivity index is 1.38. The minimum absolute atomic E-state index is 0.348. The molecule has 1 unspecified atom stereocenters. The van der Waals surface area contributed by atoms with Crippen molar-refractivity contribution < 1.29 is 10.0 Å². The lowest BCUT2D eigenvalue weighted by Gasteiger charge is -2.14. The lowest BCUT2D eigenvalue weighted by Crippen LogP contribution is -2.24. The topological polar surface area (TPSA) is 79.2 Å². The maximum atomic E-state index is 11.1. The number of hydrogen-bond acceptors (Lipinski definition) is 4. The van der Waals surface area contributed by atoms with Crippen LogP contribution in [0.2, 0.25) is 0 Å². The molecule has 0 bridgehead atoms. The van der Waals surface area contributed by atoms with Crippen LogP contribution in [0.1, 0.15) is 29.2 Å². The Morgan fingerprint density at radius 1 is 1.30 bits per heavy atom. The third kappa shape index (κ3) is 3.77. The average Bonchev–Trinajstić information content (AvgIpc) is 3.30. The summed E-state index contributed by atoms with van der Waals surface area (Å²) in [6, 6.07) is 14.8. The molecule has 0 fully saturated rings. The molecule has 0 spiro atoms. The predicted octanol–water partition coefficient (Wildman–Crippen LogP) is 2.83. The van der Waals surface area contributed by atoms with Gasteiger partial charge in [0.1, 0.15) is 0 Å². The molecule has 138 valence electrons. The lowest BCUT2D eigenvalue weighted by atomic mass is 10.0. The molecule has 2 aromatic carbocycles. The maximum Gasteiger partial charge on any atom is 0.267 e. The first-order chi connectivity index (χ1) is 13.2. The molecule has 6 heteroatoms. The number of hydrogen-bond donors (Lipinski definition) is 3. The highest BCUT2D eigenvalue weighted by Crippen LogP contribution is 2.32. The van der Waals surface area contributed by atoms with Gasteiger partial charge in [-0.2, -0.15) is 5.10 Å². The quantitative estimate of drug-likeness (QED) is 0.358. The third-order valence-corrected chi connectivity index (χ3v) is 5.05. The van der Waals surface area contributed by atoms with Gasteiger partial charge in [0, 0.05) is 24.0 Å². The highest BCUT2D eigenvalue weighted by Gasteiger charge is 2.21. The first-order valence-corrected chi connectivity index (χ1v) is 9.13. The molecule has 1 atom stereocenters. The third-order valence-electron chi connectivity index (χ3n) is 5.05. The highest BCUT2D eigenvalue weighted by atomic mass is 16.5. The number of carbonyl (C=O) groups is 1. The van der Waals surface area contributed by atoms with Gasteiger partial charge in [-0.25, -0.2) is 5.48 Å². The fourth-order valence-electron chi connectivity index (χ4n) is 3.71. The van der Waals surface area contributed by atoms with Crippen molar-refractivity contribution in [3.8, 4) is 0 Å². The second-order valence-electron chi connectivity index (χ2n) is 6.74. The second-order valence-corrected chi connectivity index (χ2v) is 6.74. The summed E-state index contributed by atoms with van der Waals surface area (Å²) in [7, 11) is 0. The number of benzene rings is 2. The van der Waals surface area contributed by atoms with Gasteiger partial charge >= 0.3 is 0 Å². The summed E-state index contributed by atoms with van der Waals surface area (Å²) < 4.78 is 2.04. The molecular formula is C21H22N4O2. The number of aryl methyl sites for hydroxylation is 1. The van der Waals surface area contributed by atoms with Crippen molar-refractivity contribution >= 4 is 22.9 Å². The van der Waals surface area contributed by atoms with Crippen molar-refractivity contribution in [2.75, 3.05) is 6.54 Å². The lowest BCUT2D eigenvalue weighted by molar-refractivity contribution is -0.124. The number of aromatic nitrogens is 2. The van der Waals surface area contributed by atoms with E-state index in [2.05, 4.69) is 34.7 Å². The van der Waals surface area contributed by atoms with Crippen LogP contribution in [0.5, 0.6) is 0 Å². The number of nitrogens with one attached hydrogen (secondary N) is 2. The van der Waals surface area contributed by atoms with Gasteiger partial charge < -0.3 is 5.32 Å². The van der Waals surface area contributed by atoms with Crippen LogP contribution in [0.3, 0.4) is 0 Å². The summed E-state index contributed by atoms with van der Waals surface area (Å²) in [6.45, 7) is 1.69. The van der Waals surface area contributed by atoms with Crippen molar-refractivity contribution in [3.05, 3.63) is 71.4 Å². The van der Waals surface area contributed by atoms with E-state index in [1.165, 1.54) is 22.6 Å². The maximum absolute atomic E-state index is 11.1. The molecule has 1 aliphatic carbocycles. The van der Waals surface area contributed by atoms with Crippen molar-refractivity contribution in [2.24, 2.45) is 0 Å². The highest BCUT2D eigenvalue weighted by molar-refractivity contribution is 5.90. The fourth-order valence-corrected chi connectivity index (χ4v) is 3.71. The molecule has 1 aliphatic rings.